The van der Waals surface area contributed by atoms with Gasteiger partial charge in [-0.25, -0.2) is 0 Å². The molecule has 1 atom stereocenters. The second-order valence-corrected chi connectivity index (χ2v) is 6.48. The van der Waals surface area contributed by atoms with Gasteiger partial charge >= 0.3 is 0 Å². The number of aromatic nitrogens is 2. The molecule has 0 unspecified atom stereocenters. The first kappa shape index (κ1) is 18.6. The molecule has 1 heterocycles. The first-order chi connectivity index (χ1) is 13.1. The minimum absolute atomic E-state index is 0.0106. The van der Waals surface area contributed by atoms with Crippen LogP contribution >= 0.6 is 0 Å². The van der Waals surface area contributed by atoms with E-state index in [1.54, 1.807) is 30.6 Å². The molecule has 0 saturated carbocycles. The molecule has 0 spiro atoms. The van der Waals surface area contributed by atoms with E-state index >= 15 is 0 Å². The summed E-state index contributed by atoms with van der Waals surface area (Å²) in [5.74, 6) is 0.800. The number of carbonyl (C=O) groups is 1. The number of amides is 1. The van der Waals surface area contributed by atoms with Gasteiger partial charge in [0.25, 0.3) is 5.91 Å². The van der Waals surface area contributed by atoms with Crippen LogP contribution in [-0.2, 0) is 6.42 Å². The fourth-order valence-corrected chi connectivity index (χ4v) is 2.89. The fourth-order valence-electron chi connectivity index (χ4n) is 2.89. The molecular weight excluding hydrogens is 338 g/mol. The van der Waals surface area contributed by atoms with Crippen LogP contribution in [0.4, 0.5) is 0 Å². The van der Waals surface area contributed by atoms with Gasteiger partial charge in [-0.05, 0) is 42.3 Å². The Hall–Kier alpha value is -3.21. The van der Waals surface area contributed by atoms with E-state index in [4.69, 9.17) is 4.74 Å². The molecule has 0 fully saturated rings. The molecule has 0 N–H and O–H groups in total. The molecule has 0 bridgehead atoms. The van der Waals surface area contributed by atoms with Gasteiger partial charge in [0, 0.05) is 43.7 Å². The van der Waals surface area contributed by atoms with E-state index in [-0.39, 0.29) is 11.9 Å². The van der Waals surface area contributed by atoms with E-state index < -0.39 is 0 Å². The second-order valence-electron chi connectivity index (χ2n) is 6.48. The molecule has 0 aliphatic rings. The lowest BCUT2D eigenvalue weighted by Crippen LogP contribution is -2.36. The van der Waals surface area contributed by atoms with Crippen LogP contribution < -0.4 is 4.74 Å². The Morgan fingerprint density at radius 3 is 2.56 bits per heavy atom. The van der Waals surface area contributed by atoms with Gasteiger partial charge in [0.2, 0.25) is 0 Å². The Kier molecular flexibility index (Phi) is 5.81. The Bertz CT molecular complexity index is 895. The zero-order valence-electron chi connectivity index (χ0n) is 15.8. The lowest BCUT2D eigenvalue weighted by molar-refractivity contribution is 0.0743. The van der Waals surface area contributed by atoms with Crippen LogP contribution in [0.2, 0.25) is 0 Å². The van der Waals surface area contributed by atoms with Crippen molar-refractivity contribution in [3.05, 3.63) is 78.4 Å². The smallest absolute Gasteiger partial charge is 0.253 e. The van der Waals surface area contributed by atoms with Crippen molar-refractivity contribution < 1.29 is 9.53 Å². The summed E-state index contributed by atoms with van der Waals surface area (Å²) in [6, 6.07) is 15.5. The van der Waals surface area contributed by atoms with E-state index in [0.29, 0.717) is 12.0 Å². The molecule has 27 heavy (non-hydrogen) atoms. The number of nitrogens with zero attached hydrogens (tertiary/aromatic N) is 3. The Morgan fingerprint density at radius 2 is 1.89 bits per heavy atom. The van der Waals surface area contributed by atoms with Gasteiger partial charge in [0.1, 0.15) is 5.75 Å². The maximum atomic E-state index is 12.8. The second kappa shape index (κ2) is 8.45. The highest BCUT2D eigenvalue weighted by Gasteiger charge is 2.18. The lowest BCUT2D eigenvalue weighted by Gasteiger charge is -2.25. The molecule has 0 radical (unpaired) electrons. The number of hydrogen-bond acceptors (Lipinski definition) is 4. The fraction of sp³-hybridized carbons (Fsp3) is 0.227. The molecule has 2 aromatic carbocycles. The first-order valence-electron chi connectivity index (χ1n) is 8.85. The molecule has 5 heteroatoms. The molecule has 0 saturated heterocycles. The number of rotatable bonds is 6. The molecular formula is C22H23N3O2. The molecule has 1 amide bonds. The van der Waals surface area contributed by atoms with Crippen LogP contribution in [0, 0.1) is 0 Å². The van der Waals surface area contributed by atoms with Gasteiger partial charge in [-0.15, -0.1) is 0 Å². The van der Waals surface area contributed by atoms with Crippen LogP contribution in [0.1, 0.15) is 23.0 Å². The van der Waals surface area contributed by atoms with Crippen LogP contribution in [0.15, 0.2) is 67.1 Å². The summed E-state index contributed by atoms with van der Waals surface area (Å²) in [4.78, 5) is 22.9. The van der Waals surface area contributed by atoms with Crippen LogP contribution in [0.5, 0.6) is 5.75 Å². The Labute approximate surface area is 159 Å². The lowest BCUT2D eigenvalue weighted by atomic mass is 10.0. The minimum Gasteiger partial charge on any atom is -0.497 e. The van der Waals surface area contributed by atoms with Gasteiger partial charge in [-0.2, -0.15) is 0 Å². The summed E-state index contributed by atoms with van der Waals surface area (Å²) in [6.45, 7) is 2.01. The predicted molar refractivity (Wildman–Crippen MR) is 106 cm³/mol. The summed E-state index contributed by atoms with van der Waals surface area (Å²) in [6.07, 6.45) is 5.71. The maximum absolute atomic E-state index is 12.8. The summed E-state index contributed by atoms with van der Waals surface area (Å²) in [5.41, 5.74) is 3.63. The highest BCUT2D eigenvalue weighted by Crippen LogP contribution is 2.24. The number of likely N-dealkylation sites (N-methyl/N-ethyl adjacent to an activating group) is 1. The van der Waals surface area contributed by atoms with E-state index in [0.717, 1.165) is 22.6 Å². The van der Waals surface area contributed by atoms with Crippen molar-refractivity contribution in [1.82, 2.24) is 14.9 Å². The molecule has 1 aromatic heterocycles. The molecule has 5 nitrogen and oxygen atoms in total. The zero-order valence-corrected chi connectivity index (χ0v) is 15.8. The van der Waals surface area contributed by atoms with Crippen molar-refractivity contribution >= 4 is 5.91 Å². The molecule has 3 aromatic rings. The average Bonchev–Trinajstić information content (AvgIpc) is 2.73. The maximum Gasteiger partial charge on any atom is 0.253 e. The number of hydrogen-bond donors (Lipinski definition) is 0. The molecule has 138 valence electrons. The minimum atomic E-state index is -0.0106. The normalized spacial score (nSPS) is 11.7. The number of ether oxygens (including phenoxy) is 1. The third-order valence-corrected chi connectivity index (χ3v) is 4.64. The summed E-state index contributed by atoms with van der Waals surface area (Å²) in [5, 5.41) is 0. The van der Waals surface area contributed by atoms with Crippen molar-refractivity contribution in [1.29, 1.82) is 0 Å². The summed E-state index contributed by atoms with van der Waals surface area (Å²) in [7, 11) is 3.47. The van der Waals surface area contributed by atoms with Gasteiger partial charge in [-0.1, -0.05) is 24.3 Å². The van der Waals surface area contributed by atoms with Gasteiger partial charge in [0.05, 0.1) is 12.8 Å². The molecule has 3 rings (SSSR count). The third kappa shape index (κ3) is 4.50. The quantitative estimate of drug-likeness (QED) is 0.669. The number of carbonyl (C=O) groups excluding carboxylic acids is 1. The van der Waals surface area contributed by atoms with Gasteiger partial charge < -0.3 is 9.64 Å². The van der Waals surface area contributed by atoms with E-state index in [1.807, 2.05) is 62.5 Å². The van der Waals surface area contributed by atoms with E-state index in [2.05, 4.69) is 9.97 Å². The Morgan fingerprint density at radius 1 is 1.11 bits per heavy atom. The van der Waals surface area contributed by atoms with Gasteiger partial charge in [-0.3, -0.25) is 14.8 Å². The van der Waals surface area contributed by atoms with Crippen molar-refractivity contribution in [3.8, 4) is 16.9 Å². The van der Waals surface area contributed by atoms with Crippen molar-refractivity contribution in [3.63, 3.8) is 0 Å². The zero-order chi connectivity index (χ0) is 19.2. The largest absolute Gasteiger partial charge is 0.497 e. The third-order valence-electron chi connectivity index (χ3n) is 4.64. The molecule has 0 aliphatic heterocycles. The van der Waals surface area contributed by atoms with E-state index in [9.17, 15) is 4.79 Å². The predicted octanol–water partition coefficient (Wildman–Crippen LogP) is 3.86. The highest BCUT2D eigenvalue weighted by molar-refractivity contribution is 5.94. The van der Waals surface area contributed by atoms with Crippen molar-refractivity contribution in [2.24, 2.45) is 0 Å². The van der Waals surface area contributed by atoms with Crippen LogP contribution in [-0.4, -0.2) is 41.0 Å². The molecule has 0 aliphatic carbocycles. The van der Waals surface area contributed by atoms with Gasteiger partial charge in [0.15, 0.2) is 0 Å². The van der Waals surface area contributed by atoms with Crippen LogP contribution in [0.3, 0.4) is 0 Å². The first-order valence-corrected chi connectivity index (χ1v) is 8.85. The SMILES string of the molecule is COc1cccc(-c2ccc(C(=O)N(C)[C@H](C)Cc3cnccn3)cc2)c1. The topological polar surface area (TPSA) is 55.3 Å². The summed E-state index contributed by atoms with van der Waals surface area (Å²) < 4.78 is 5.27. The highest BCUT2D eigenvalue weighted by atomic mass is 16.5. The summed E-state index contributed by atoms with van der Waals surface area (Å²) >= 11 is 0. The average molecular weight is 361 g/mol. The van der Waals surface area contributed by atoms with Crippen molar-refractivity contribution in [2.45, 2.75) is 19.4 Å². The van der Waals surface area contributed by atoms with E-state index in [1.165, 1.54) is 0 Å². The van der Waals surface area contributed by atoms with Crippen LogP contribution in [0.25, 0.3) is 11.1 Å². The Balaban J connectivity index is 1.71. The number of methoxy groups -OCH3 is 1. The van der Waals surface area contributed by atoms with Crippen molar-refractivity contribution in [2.75, 3.05) is 14.2 Å². The monoisotopic (exact) mass is 361 g/mol. The number of benzene rings is 2. The standard InChI is InChI=1S/C22H23N3O2/c1-16(13-20-15-23-11-12-24-20)25(2)22(26)18-9-7-17(8-10-18)19-5-4-6-21(14-19)27-3/h4-12,14-16H,13H2,1-3H3/t16-/m1/s1.